The van der Waals surface area contributed by atoms with Crippen molar-refractivity contribution in [2.45, 2.75) is 58.1 Å². The van der Waals surface area contributed by atoms with E-state index < -0.39 is 0 Å². The summed E-state index contributed by atoms with van der Waals surface area (Å²) in [6, 6.07) is 2.21. The minimum atomic E-state index is -0.0519. The van der Waals surface area contributed by atoms with Crippen molar-refractivity contribution in [2.75, 3.05) is 13.2 Å². The first-order chi connectivity index (χ1) is 7.77. The Kier molecular flexibility index (Phi) is 6.44. The molecule has 0 spiro atoms. The Bertz CT molecular complexity index is 224. The zero-order valence-corrected chi connectivity index (χ0v) is 10.5. The van der Waals surface area contributed by atoms with Crippen molar-refractivity contribution in [1.29, 1.82) is 5.26 Å². The molecule has 3 atom stereocenters. The third-order valence-corrected chi connectivity index (χ3v) is 3.38. The average Bonchev–Trinajstić information content (AvgIpc) is 2.30. The largest absolute Gasteiger partial charge is 0.378 e. The minimum Gasteiger partial charge on any atom is -0.378 e. The van der Waals surface area contributed by atoms with E-state index in [9.17, 15) is 0 Å². The fourth-order valence-electron chi connectivity index (χ4n) is 2.33. The second kappa shape index (κ2) is 7.65. The maximum absolute atomic E-state index is 8.88. The van der Waals surface area contributed by atoms with Gasteiger partial charge in [-0.2, -0.15) is 5.26 Å². The van der Waals surface area contributed by atoms with Crippen LogP contribution < -0.4 is 5.32 Å². The Balaban J connectivity index is 2.16. The number of nitrogens with one attached hydrogen (secondary N) is 1. The summed E-state index contributed by atoms with van der Waals surface area (Å²) in [6.45, 7) is 5.85. The highest BCUT2D eigenvalue weighted by Gasteiger charge is 2.21. The lowest BCUT2D eigenvalue weighted by Gasteiger charge is -2.29. The molecular formula is C13H24N2O. The van der Waals surface area contributed by atoms with Crippen LogP contribution in [0.5, 0.6) is 0 Å². The van der Waals surface area contributed by atoms with E-state index in [1.54, 1.807) is 0 Å². The zero-order chi connectivity index (χ0) is 11.8. The molecule has 1 rings (SSSR count). The molecule has 0 radical (unpaired) electrons. The van der Waals surface area contributed by atoms with Gasteiger partial charge >= 0.3 is 0 Å². The van der Waals surface area contributed by atoms with Crippen LogP contribution in [0.3, 0.4) is 0 Å². The lowest BCUT2D eigenvalue weighted by atomic mass is 9.88. The van der Waals surface area contributed by atoms with Crippen LogP contribution in [-0.2, 0) is 4.74 Å². The van der Waals surface area contributed by atoms with Gasteiger partial charge in [0, 0.05) is 6.61 Å². The van der Waals surface area contributed by atoms with E-state index in [4.69, 9.17) is 10.00 Å². The third-order valence-electron chi connectivity index (χ3n) is 3.38. The molecule has 0 saturated heterocycles. The van der Waals surface area contributed by atoms with E-state index in [0.29, 0.717) is 18.6 Å². The highest BCUT2D eigenvalue weighted by atomic mass is 16.5. The first-order valence-electron chi connectivity index (χ1n) is 6.52. The number of ether oxygens (including phenoxy) is 1. The molecule has 0 aromatic rings. The van der Waals surface area contributed by atoms with E-state index in [1.807, 2.05) is 6.92 Å². The fraction of sp³-hybridized carbons (Fsp3) is 0.923. The average molecular weight is 224 g/mol. The van der Waals surface area contributed by atoms with Gasteiger partial charge in [-0.3, -0.25) is 0 Å². The van der Waals surface area contributed by atoms with Gasteiger partial charge in [0.15, 0.2) is 0 Å². The summed E-state index contributed by atoms with van der Waals surface area (Å²) in [5.41, 5.74) is 0. The second-order valence-corrected chi connectivity index (χ2v) is 4.70. The summed E-state index contributed by atoms with van der Waals surface area (Å²) < 4.78 is 5.88. The molecule has 0 aromatic carbocycles. The molecule has 0 heterocycles. The summed E-state index contributed by atoms with van der Waals surface area (Å²) in [6.07, 6.45) is 6.35. The number of hydrogen-bond acceptors (Lipinski definition) is 3. The summed E-state index contributed by atoms with van der Waals surface area (Å²) >= 11 is 0. The van der Waals surface area contributed by atoms with Gasteiger partial charge in [-0.15, -0.1) is 0 Å². The van der Waals surface area contributed by atoms with Crippen molar-refractivity contribution in [1.82, 2.24) is 5.32 Å². The summed E-state index contributed by atoms with van der Waals surface area (Å²) in [7, 11) is 0. The van der Waals surface area contributed by atoms with Crippen LogP contribution in [0.2, 0.25) is 0 Å². The Labute approximate surface area is 99.2 Å². The van der Waals surface area contributed by atoms with E-state index in [1.165, 1.54) is 25.7 Å². The van der Waals surface area contributed by atoms with E-state index in [-0.39, 0.29) is 6.04 Å². The van der Waals surface area contributed by atoms with Gasteiger partial charge < -0.3 is 10.1 Å². The summed E-state index contributed by atoms with van der Waals surface area (Å²) in [4.78, 5) is 0. The molecular weight excluding hydrogens is 200 g/mol. The molecule has 1 fully saturated rings. The van der Waals surface area contributed by atoms with Gasteiger partial charge in [-0.05, 0) is 31.7 Å². The van der Waals surface area contributed by atoms with Gasteiger partial charge in [0.1, 0.15) is 0 Å². The molecule has 1 aliphatic carbocycles. The smallest absolute Gasteiger partial charge is 0.0974 e. The van der Waals surface area contributed by atoms with Gasteiger partial charge in [-0.1, -0.05) is 26.7 Å². The molecule has 1 N–H and O–H groups in total. The molecule has 3 unspecified atom stereocenters. The topological polar surface area (TPSA) is 45.0 Å². The third kappa shape index (κ3) is 4.51. The second-order valence-electron chi connectivity index (χ2n) is 4.70. The Morgan fingerprint density at radius 3 is 2.81 bits per heavy atom. The van der Waals surface area contributed by atoms with Crippen LogP contribution in [0.1, 0.15) is 46.0 Å². The molecule has 0 bridgehead atoms. The summed E-state index contributed by atoms with van der Waals surface area (Å²) in [5.74, 6) is 0.688. The van der Waals surface area contributed by atoms with Crippen LogP contribution in [0, 0.1) is 17.2 Å². The van der Waals surface area contributed by atoms with Gasteiger partial charge in [-0.25, -0.2) is 0 Å². The quantitative estimate of drug-likeness (QED) is 0.754. The molecule has 3 heteroatoms. The van der Waals surface area contributed by atoms with Crippen molar-refractivity contribution < 1.29 is 4.74 Å². The standard InChI is InChI=1S/C13H24N2O/c1-3-15-12(10-14)8-9-16-13-7-5-4-6-11(13)2/h11-13,15H,3-9H2,1-2H3. The van der Waals surface area contributed by atoms with Crippen molar-refractivity contribution in [3.05, 3.63) is 0 Å². The SMILES string of the molecule is CCNC(C#N)CCOC1CCCCC1C. The van der Waals surface area contributed by atoms with Crippen molar-refractivity contribution >= 4 is 0 Å². The van der Waals surface area contributed by atoms with Crippen LogP contribution >= 0.6 is 0 Å². The lowest BCUT2D eigenvalue weighted by Crippen LogP contribution is -2.31. The Morgan fingerprint density at radius 1 is 1.44 bits per heavy atom. The zero-order valence-electron chi connectivity index (χ0n) is 10.5. The number of hydrogen-bond donors (Lipinski definition) is 1. The van der Waals surface area contributed by atoms with Gasteiger partial charge in [0.2, 0.25) is 0 Å². The van der Waals surface area contributed by atoms with Crippen LogP contribution in [-0.4, -0.2) is 25.3 Å². The molecule has 3 nitrogen and oxygen atoms in total. The molecule has 16 heavy (non-hydrogen) atoms. The molecule has 0 amide bonds. The predicted octanol–water partition coefficient (Wildman–Crippen LogP) is 2.47. The maximum Gasteiger partial charge on any atom is 0.0974 e. The van der Waals surface area contributed by atoms with E-state index in [2.05, 4.69) is 18.3 Å². The van der Waals surface area contributed by atoms with Gasteiger partial charge in [0.05, 0.1) is 18.2 Å². The highest BCUT2D eigenvalue weighted by Crippen LogP contribution is 2.26. The van der Waals surface area contributed by atoms with E-state index in [0.717, 1.165) is 13.0 Å². The lowest BCUT2D eigenvalue weighted by molar-refractivity contribution is -0.00723. The monoisotopic (exact) mass is 224 g/mol. The normalized spacial score (nSPS) is 27.3. The van der Waals surface area contributed by atoms with Crippen LogP contribution in [0.15, 0.2) is 0 Å². The highest BCUT2D eigenvalue weighted by molar-refractivity contribution is 4.89. The number of nitrogens with zero attached hydrogens (tertiary/aromatic N) is 1. The molecule has 1 aliphatic rings. The van der Waals surface area contributed by atoms with Crippen molar-refractivity contribution in [3.8, 4) is 6.07 Å². The Hall–Kier alpha value is -0.590. The van der Waals surface area contributed by atoms with Crippen LogP contribution in [0.25, 0.3) is 0 Å². The van der Waals surface area contributed by atoms with Crippen LogP contribution in [0.4, 0.5) is 0 Å². The summed E-state index contributed by atoms with van der Waals surface area (Å²) in [5, 5.41) is 12.0. The predicted molar refractivity (Wildman–Crippen MR) is 65.1 cm³/mol. The minimum absolute atomic E-state index is 0.0519. The molecule has 0 aromatic heterocycles. The first kappa shape index (κ1) is 13.5. The maximum atomic E-state index is 8.88. The van der Waals surface area contributed by atoms with Crippen molar-refractivity contribution in [2.24, 2.45) is 5.92 Å². The van der Waals surface area contributed by atoms with Gasteiger partial charge in [0.25, 0.3) is 0 Å². The number of rotatable bonds is 6. The molecule has 1 saturated carbocycles. The number of nitriles is 1. The van der Waals surface area contributed by atoms with E-state index >= 15 is 0 Å². The first-order valence-corrected chi connectivity index (χ1v) is 6.52. The molecule has 92 valence electrons. The Morgan fingerprint density at radius 2 is 2.19 bits per heavy atom. The fourth-order valence-corrected chi connectivity index (χ4v) is 2.33. The molecule has 0 aliphatic heterocycles. The van der Waals surface area contributed by atoms with Crippen molar-refractivity contribution in [3.63, 3.8) is 0 Å².